The summed E-state index contributed by atoms with van der Waals surface area (Å²) in [6.45, 7) is 6.87. The van der Waals surface area contributed by atoms with Gasteiger partial charge in [0.2, 0.25) is 0 Å². The van der Waals surface area contributed by atoms with Crippen molar-refractivity contribution in [2.45, 2.75) is 63.3 Å². The summed E-state index contributed by atoms with van der Waals surface area (Å²) >= 11 is 0. The van der Waals surface area contributed by atoms with Crippen LogP contribution in [0.3, 0.4) is 0 Å². The van der Waals surface area contributed by atoms with Crippen LogP contribution in [-0.4, -0.2) is 9.55 Å². The predicted molar refractivity (Wildman–Crippen MR) is 121 cm³/mol. The molecule has 3 heterocycles. The Hall–Kier alpha value is -2.61. The highest BCUT2D eigenvalue weighted by Gasteiger charge is 2.40. The summed E-state index contributed by atoms with van der Waals surface area (Å²) in [5.74, 6) is 1.17. The summed E-state index contributed by atoms with van der Waals surface area (Å²) in [4.78, 5) is 4.82. The van der Waals surface area contributed by atoms with Gasteiger partial charge in [0.1, 0.15) is 0 Å². The van der Waals surface area contributed by atoms with E-state index in [4.69, 9.17) is 4.98 Å². The summed E-state index contributed by atoms with van der Waals surface area (Å²) in [6.07, 6.45) is 5.69. The molecule has 2 aromatic heterocycles. The number of pyridine rings is 1. The zero-order chi connectivity index (χ0) is 19.8. The summed E-state index contributed by atoms with van der Waals surface area (Å²) in [5, 5.41) is 2.83. The van der Waals surface area contributed by atoms with Gasteiger partial charge in [0.25, 0.3) is 0 Å². The Kier molecular flexibility index (Phi) is 3.54. The molecule has 3 atom stereocenters. The Balaban J connectivity index is 1.43. The first-order valence-electron chi connectivity index (χ1n) is 11.0. The van der Waals surface area contributed by atoms with Crippen LogP contribution in [0.2, 0.25) is 0 Å². The van der Waals surface area contributed by atoms with Gasteiger partial charge >= 0.3 is 0 Å². The van der Waals surface area contributed by atoms with Crippen molar-refractivity contribution in [3.05, 3.63) is 77.6 Å². The molecule has 0 bridgehead atoms. The lowest BCUT2D eigenvalue weighted by Crippen LogP contribution is -2.22. The van der Waals surface area contributed by atoms with Crippen LogP contribution in [0.5, 0.6) is 0 Å². The molecule has 1 saturated carbocycles. The standard InChI is InChI=1S/C27H28N2/c1-27(2,3)18-13-14-28-23(16-18)17-11-12-25-22(15-17)21-9-6-8-20-19-7-4-5-10-24(19)29(25)26(20)21/h4-10,13-14,16-17,22,25H,11-12,15H2,1-3H3. The maximum absolute atomic E-state index is 4.82. The molecule has 1 fully saturated rings. The highest BCUT2D eigenvalue weighted by atomic mass is 15.1. The molecule has 0 spiro atoms. The number of aromatic nitrogens is 2. The maximum atomic E-state index is 4.82. The largest absolute Gasteiger partial charge is 0.336 e. The Morgan fingerprint density at radius 2 is 1.76 bits per heavy atom. The van der Waals surface area contributed by atoms with Crippen LogP contribution in [0.25, 0.3) is 21.8 Å². The van der Waals surface area contributed by atoms with Crippen molar-refractivity contribution >= 4 is 21.8 Å². The molecular formula is C27H28N2. The molecule has 3 unspecified atom stereocenters. The molecule has 4 aromatic rings. The number of benzene rings is 2. The van der Waals surface area contributed by atoms with Gasteiger partial charge in [-0.3, -0.25) is 4.98 Å². The number of nitrogens with zero attached hydrogens (tertiary/aromatic N) is 2. The van der Waals surface area contributed by atoms with Crippen molar-refractivity contribution in [2.24, 2.45) is 0 Å². The molecule has 2 aromatic carbocycles. The Morgan fingerprint density at radius 1 is 0.931 bits per heavy atom. The van der Waals surface area contributed by atoms with Crippen LogP contribution in [0.1, 0.15) is 74.7 Å². The molecule has 2 aliphatic rings. The molecule has 1 aliphatic carbocycles. The lowest BCUT2D eigenvalue weighted by atomic mass is 9.74. The second-order valence-electron chi connectivity index (χ2n) is 10.0. The molecule has 0 radical (unpaired) electrons. The fraction of sp³-hybridized carbons (Fsp3) is 0.370. The van der Waals surface area contributed by atoms with Gasteiger partial charge in [0.05, 0.1) is 5.52 Å². The van der Waals surface area contributed by atoms with E-state index in [1.165, 1.54) is 52.3 Å². The molecule has 0 saturated heterocycles. The first kappa shape index (κ1) is 17.3. The van der Waals surface area contributed by atoms with Crippen molar-refractivity contribution < 1.29 is 0 Å². The predicted octanol–water partition coefficient (Wildman–Crippen LogP) is 7.09. The zero-order valence-corrected chi connectivity index (χ0v) is 17.5. The van der Waals surface area contributed by atoms with E-state index in [2.05, 4.69) is 79.9 Å². The van der Waals surface area contributed by atoms with Gasteiger partial charge < -0.3 is 4.57 Å². The van der Waals surface area contributed by atoms with Crippen LogP contribution < -0.4 is 0 Å². The number of rotatable bonds is 1. The second kappa shape index (κ2) is 5.95. The third-order valence-corrected chi connectivity index (χ3v) is 7.37. The van der Waals surface area contributed by atoms with Gasteiger partial charge in [-0.2, -0.15) is 0 Å². The van der Waals surface area contributed by atoms with E-state index in [9.17, 15) is 0 Å². The van der Waals surface area contributed by atoms with Gasteiger partial charge in [0.15, 0.2) is 0 Å². The number of para-hydroxylation sites is 2. The van der Waals surface area contributed by atoms with Crippen molar-refractivity contribution in [3.8, 4) is 0 Å². The van der Waals surface area contributed by atoms with Crippen molar-refractivity contribution in [1.29, 1.82) is 0 Å². The summed E-state index contributed by atoms with van der Waals surface area (Å²) in [6, 6.07) is 21.0. The van der Waals surface area contributed by atoms with E-state index in [1.807, 2.05) is 6.20 Å². The van der Waals surface area contributed by atoms with E-state index in [0.717, 1.165) is 0 Å². The molecular weight excluding hydrogens is 352 g/mol. The SMILES string of the molecule is CC(C)(C)c1ccnc(C2CCC3C(C2)c2cccc4c5ccccc5n3c24)c1. The van der Waals surface area contributed by atoms with Crippen LogP contribution >= 0.6 is 0 Å². The number of hydrogen-bond donors (Lipinski definition) is 0. The monoisotopic (exact) mass is 380 g/mol. The third kappa shape index (κ3) is 2.44. The number of fused-ring (bicyclic) bond motifs is 6. The van der Waals surface area contributed by atoms with E-state index >= 15 is 0 Å². The highest BCUT2D eigenvalue weighted by Crippen LogP contribution is 2.55. The molecule has 0 N–H and O–H groups in total. The first-order chi connectivity index (χ1) is 14.0. The minimum Gasteiger partial charge on any atom is -0.336 e. The molecule has 29 heavy (non-hydrogen) atoms. The van der Waals surface area contributed by atoms with Gasteiger partial charge in [-0.05, 0) is 54.0 Å². The summed E-state index contributed by atoms with van der Waals surface area (Å²) in [7, 11) is 0. The average molecular weight is 381 g/mol. The molecule has 2 heteroatoms. The van der Waals surface area contributed by atoms with Crippen molar-refractivity contribution in [3.63, 3.8) is 0 Å². The first-order valence-corrected chi connectivity index (χ1v) is 11.0. The van der Waals surface area contributed by atoms with Gasteiger partial charge in [-0.1, -0.05) is 57.2 Å². The van der Waals surface area contributed by atoms with Crippen LogP contribution in [0.4, 0.5) is 0 Å². The topological polar surface area (TPSA) is 17.8 Å². The molecule has 1 aliphatic heterocycles. The molecule has 6 rings (SSSR count). The van der Waals surface area contributed by atoms with Crippen molar-refractivity contribution in [2.75, 3.05) is 0 Å². The van der Waals surface area contributed by atoms with Gasteiger partial charge in [0, 0.05) is 46.1 Å². The van der Waals surface area contributed by atoms with E-state index in [-0.39, 0.29) is 5.41 Å². The van der Waals surface area contributed by atoms with Crippen LogP contribution in [0, 0.1) is 0 Å². The minimum absolute atomic E-state index is 0.172. The van der Waals surface area contributed by atoms with E-state index < -0.39 is 0 Å². The quantitative estimate of drug-likeness (QED) is 0.344. The van der Waals surface area contributed by atoms with Gasteiger partial charge in [-0.15, -0.1) is 0 Å². The molecule has 0 amide bonds. The van der Waals surface area contributed by atoms with E-state index in [0.29, 0.717) is 17.9 Å². The van der Waals surface area contributed by atoms with Crippen LogP contribution in [0.15, 0.2) is 60.8 Å². The lowest BCUT2D eigenvalue weighted by molar-refractivity contribution is 0.302. The van der Waals surface area contributed by atoms with E-state index in [1.54, 1.807) is 5.56 Å². The smallest absolute Gasteiger partial charge is 0.0530 e. The Morgan fingerprint density at radius 3 is 2.62 bits per heavy atom. The third-order valence-electron chi connectivity index (χ3n) is 7.37. The second-order valence-corrected chi connectivity index (χ2v) is 10.0. The number of hydrogen-bond acceptors (Lipinski definition) is 1. The Bertz CT molecular complexity index is 1240. The fourth-order valence-electron chi connectivity index (χ4n) is 5.93. The van der Waals surface area contributed by atoms with Crippen molar-refractivity contribution in [1.82, 2.24) is 9.55 Å². The van der Waals surface area contributed by atoms with Gasteiger partial charge in [-0.25, -0.2) is 0 Å². The zero-order valence-electron chi connectivity index (χ0n) is 17.5. The fourth-order valence-corrected chi connectivity index (χ4v) is 5.93. The maximum Gasteiger partial charge on any atom is 0.0530 e. The summed E-state index contributed by atoms with van der Waals surface area (Å²) < 4.78 is 2.67. The summed E-state index contributed by atoms with van der Waals surface area (Å²) in [5.41, 5.74) is 7.32. The lowest BCUT2D eigenvalue weighted by Gasteiger charge is -2.34. The average Bonchev–Trinajstić information content (AvgIpc) is 3.25. The minimum atomic E-state index is 0.172. The normalized spacial score (nSPS) is 23.6. The molecule has 146 valence electrons. The molecule has 2 nitrogen and oxygen atoms in total. The van der Waals surface area contributed by atoms with Crippen LogP contribution in [-0.2, 0) is 5.41 Å². The Labute approximate surface area is 172 Å². The highest BCUT2D eigenvalue weighted by molar-refractivity contribution is 6.10.